The van der Waals surface area contributed by atoms with Crippen LogP contribution in [0.2, 0.25) is 0 Å². The normalized spacial score (nSPS) is 11.6. The van der Waals surface area contributed by atoms with Gasteiger partial charge in [-0.25, -0.2) is 0 Å². The Morgan fingerprint density at radius 3 is 1.67 bits per heavy atom. The van der Waals surface area contributed by atoms with E-state index in [2.05, 4.69) is 229 Å². The van der Waals surface area contributed by atoms with Crippen molar-refractivity contribution < 1.29 is 4.42 Å². The largest absolute Gasteiger partial charge is 0.455 e. The van der Waals surface area contributed by atoms with Gasteiger partial charge in [-0.2, -0.15) is 0 Å². The molecular weight excluding hydrogens is 759 g/mol. The molecule has 0 unspecified atom stereocenters. The van der Waals surface area contributed by atoms with Crippen molar-refractivity contribution in [3.63, 3.8) is 0 Å². The fraction of sp³-hybridized carbons (Fsp3) is 0. The van der Waals surface area contributed by atoms with Crippen molar-refractivity contribution in [1.82, 2.24) is 0 Å². The highest BCUT2D eigenvalue weighted by atomic mass is 32.1. The first-order valence-corrected chi connectivity index (χ1v) is 21.5. The molecule has 0 aliphatic heterocycles. The third-order valence-corrected chi connectivity index (χ3v) is 13.2. The Bertz CT molecular complexity index is 3530. The van der Waals surface area contributed by atoms with Crippen LogP contribution in [0.15, 0.2) is 229 Å². The van der Waals surface area contributed by atoms with Crippen molar-refractivity contribution in [2.75, 3.05) is 4.90 Å². The number of fused-ring (bicyclic) bond motifs is 8. The van der Waals surface area contributed by atoms with Crippen molar-refractivity contribution in [2.24, 2.45) is 0 Å². The van der Waals surface area contributed by atoms with Crippen molar-refractivity contribution in [1.29, 1.82) is 0 Å². The quantitative estimate of drug-likeness (QED) is 0.160. The smallest absolute Gasteiger partial charge is 0.143 e. The number of hydrogen-bond donors (Lipinski definition) is 0. The number of hydrogen-bond acceptors (Lipinski definition) is 3. The van der Waals surface area contributed by atoms with Crippen LogP contribution in [0.4, 0.5) is 17.1 Å². The maximum atomic E-state index is 6.74. The lowest BCUT2D eigenvalue weighted by atomic mass is 9.93. The third-order valence-electron chi connectivity index (χ3n) is 12.0. The molecule has 0 N–H and O–H groups in total. The SMILES string of the molecule is c1ccc(-c2cc(-c3ccccc3)cc(-c3ccc(N(c4cccc(-c5ccc6sc7ccccc7c6c5)c4)c4cccc5oc6c7ccccc7ccc6c45)cc3)c2)cc1. The van der Waals surface area contributed by atoms with Crippen LogP contribution in [0.5, 0.6) is 0 Å². The van der Waals surface area contributed by atoms with Crippen LogP contribution in [-0.2, 0) is 0 Å². The second-order valence-electron chi connectivity index (χ2n) is 15.7. The second kappa shape index (κ2) is 14.5. The summed E-state index contributed by atoms with van der Waals surface area (Å²) in [5, 5.41) is 7.07. The molecule has 0 radical (unpaired) electrons. The fourth-order valence-corrected chi connectivity index (χ4v) is 10.2. The molecule has 10 aromatic carbocycles. The van der Waals surface area contributed by atoms with Gasteiger partial charge in [0.2, 0.25) is 0 Å². The van der Waals surface area contributed by atoms with Crippen molar-refractivity contribution in [3.05, 3.63) is 224 Å². The van der Waals surface area contributed by atoms with E-state index < -0.39 is 0 Å². The zero-order chi connectivity index (χ0) is 40.3. The van der Waals surface area contributed by atoms with Crippen molar-refractivity contribution >= 4 is 81.3 Å². The first-order valence-electron chi connectivity index (χ1n) is 20.7. The van der Waals surface area contributed by atoms with E-state index in [1.54, 1.807) is 0 Å². The number of furan rings is 1. The Morgan fingerprint density at radius 2 is 0.918 bits per heavy atom. The topological polar surface area (TPSA) is 16.4 Å². The number of anilines is 3. The van der Waals surface area contributed by atoms with Crippen LogP contribution < -0.4 is 4.90 Å². The van der Waals surface area contributed by atoms with Gasteiger partial charge >= 0.3 is 0 Å². The van der Waals surface area contributed by atoms with Crippen LogP contribution in [0.1, 0.15) is 0 Å². The molecule has 3 heteroatoms. The summed E-state index contributed by atoms with van der Waals surface area (Å²) in [6.07, 6.45) is 0. The first-order chi connectivity index (χ1) is 30.2. The Balaban J connectivity index is 1.03. The molecule has 0 fully saturated rings. The predicted octanol–water partition coefficient (Wildman–Crippen LogP) is 17.2. The van der Waals surface area contributed by atoms with Crippen molar-refractivity contribution in [3.8, 4) is 44.5 Å². The van der Waals surface area contributed by atoms with Gasteiger partial charge < -0.3 is 9.32 Å². The maximum Gasteiger partial charge on any atom is 0.143 e. The molecule has 0 aliphatic rings. The summed E-state index contributed by atoms with van der Waals surface area (Å²) < 4.78 is 9.36. The number of benzene rings is 10. The van der Waals surface area contributed by atoms with Gasteiger partial charge in [-0.05, 0) is 129 Å². The molecule has 12 rings (SSSR count). The van der Waals surface area contributed by atoms with Crippen LogP contribution >= 0.6 is 11.3 Å². The zero-order valence-corrected chi connectivity index (χ0v) is 33.9. The van der Waals surface area contributed by atoms with Gasteiger partial charge in [0, 0.05) is 42.3 Å². The molecule has 0 saturated heterocycles. The van der Waals surface area contributed by atoms with Gasteiger partial charge in [0.15, 0.2) is 0 Å². The van der Waals surface area contributed by atoms with Gasteiger partial charge in [0.05, 0.1) is 11.1 Å². The highest BCUT2D eigenvalue weighted by Crippen LogP contribution is 2.46. The number of nitrogens with zero attached hydrogens (tertiary/aromatic N) is 1. The number of thiophene rings is 1. The van der Waals surface area contributed by atoms with E-state index in [4.69, 9.17) is 4.42 Å². The lowest BCUT2D eigenvalue weighted by Gasteiger charge is -2.27. The highest BCUT2D eigenvalue weighted by molar-refractivity contribution is 7.25. The maximum absolute atomic E-state index is 6.74. The van der Waals surface area contributed by atoms with E-state index in [9.17, 15) is 0 Å². The van der Waals surface area contributed by atoms with Gasteiger partial charge in [-0.3, -0.25) is 0 Å². The van der Waals surface area contributed by atoms with Crippen LogP contribution in [0.3, 0.4) is 0 Å². The predicted molar refractivity (Wildman–Crippen MR) is 261 cm³/mol. The third kappa shape index (κ3) is 6.18. The molecule has 2 heterocycles. The Morgan fingerprint density at radius 1 is 0.328 bits per heavy atom. The lowest BCUT2D eigenvalue weighted by molar-refractivity contribution is 0.672. The summed E-state index contributed by atoms with van der Waals surface area (Å²) in [4.78, 5) is 2.40. The van der Waals surface area contributed by atoms with Crippen LogP contribution in [-0.4, -0.2) is 0 Å². The summed E-state index contributed by atoms with van der Waals surface area (Å²) in [5.74, 6) is 0. The standard InChI is InChI=1S/C58H37NOS/c1-3-13-38(14-4-1)44-33-45(39-15-5-2-6-16-39)35-46(34-44)40-25-29-47(30-26-40)59(53-22-12-23-54-57(53)51-31-27-41-17-7-8-20-49(41)58(51)60-54)48-19-11-18-42(36-48)43-28-32-56-52(37-43)50-21-9-10-24-55(50)61-56/h1-37H. The van der Waals surface area contributed by atoms with E-state index in [0.29, 0.717) is 0 Å². The average molecular weight is 796 g/mol. The fourth-order valence-electron chi connectivity index (χ4n) is 9.07. The van der Waals surface area contributed by atoms with Gasteiger partial charge in [0.1, 0.15) is 11.2 Å². The molecule has 0 aliphatic carbocycles. The minimum absolute atomic E-state index is 0.864. The van der Waals surface area contributed by atoms with Crippen LogP contribution in [0, 0.1) is 0 Å². The second-order valence-corrected chi connectivity index (χ2v) is 16.8. The molecule has 0 bridgehead atoms. The van der Waals surface area contributed by atoms with E-state index in [-0.39, 0.29) is 0 Å². The Hall–Kier alpha value is -7.72. The summed E-state index contributed by atoms with van der Waals surface area (Å²) in [6, 6.07) is 81.2. The summed E-state index contributed by atoms with van der Waals surface area (Å²) in [7, 11) is 0. The molecule has 0 amide bonds. The van der Waals surface area contributed by atoms with E-state index in [1.807, 2.05) is 11.3 Å². The summed E-state index contributed by atoms with van der Waals surface area (Å²) in [5.41, 5.74) is 14.4. The summed E-state index contributed by atoms with van der Waals surface area (Å²) in [6.45, 7) is 0. The molecule has 2 nitrogen and oxygen atoms in total. The molecular formula is C58H37NOS. The minimum atomic E-state index is 0.864. The Kier molecular flexibility index (Phi) is 8.39. The molecule has 0 saturated carbocycles. The molecule has 0 atom stereocenters. The van der Waals surface area contributed by atoms with E-state index in [0.717, 1.165) is 60.9 Å². The van der Waals surface area contributed by atoms with E-state index in [1.165, 1.54) is 53.6 Å². The van der Waals surface area contributed by atoms with E-state index >= 15 is 0 Å². The van der Waals surface area contributed by atoms with Gasteiger partial charge in [-0.15, -0.1) is 11.3 Å². The first kappa shape index (κ1) is 35.2. The molecule has 2 aromatic heterocycles. The monoisotopic (exact) mass is 795 g/mol. The lowest BCUT2D eigenvalue weighted by Crippen LogP contribution is -2.10. The highest BCUT2D eigenvalue weighted by Gasteiger charge is 2.21. The molecule has 286 valence electrons. The van der Waals surface area contributed by atoms with Gasteiger partial charge in [-0.1, -0.05) is 146 Å². The Labute approximate surface area is 357 Å². The van der Waals surface area contributed by atoms with Crippen LogP contribution in [0.25, 0.3) is 97.4 Å². The minimum Gasteiger partial charge on any atom is -0.455 e. The molecule has 0 spiro atoms. The summed E-state index contributed by atoms with van der Waals surface area (Å²) >= 11 is 1.85. The average Bonchev–Trinajstić information content (AvgIpc) is 3.91. The zero-order valence-electron chi connectivity index (χ0n) is 33.1. The molecule has 12 aromatic rings. The van der Waals surface area contributed by atoms with Crippen molar-refractivity contribution in [2.45, 2.75) is 0 Å². The molecule has 61 heavy (non-hydrogen) atoms. The number of rotatable bonds is 7. The van der Waals surface area contributed by atoms with Gasteiger partial charge in [0.25, 0.3) is 0 Å².